The molecule has 0 radical (unpaired) electrons. The first-order valence-corrected chi connectivity index (χ1v) is 11.6. The lowest BCUT2D eigenvalue weighted by atomic mass is 10.0. The van der Waals surface area contributed by atoms with E-state index in [1.807, 2.05) is 6.92 Å². The van der Waals surface area contributed by atoms with Crippen LogP contribution in [0.4, 0.5) is 9.59 Å². The van der Waals surface area contributed by atoms with Crippen molar-refractivity contribution in [3.05, 3.63) is 9.81 Å². The Bertz CT molecular complexity index is 695. The quantitative estimate of drug-likeness (QED) is 0.544. The van der Waals surface area contributed by atoms with Crippen LogP contribution in [0.25, 0.3) is 0 Å². The summed E-state index contributed by atoms with van der Waals surface area (Å²) in [6.07, 6.45) is 2.32. The number of urea groups is 1. The van der Waals surface area contributed by atoms with Crippen LogP contribution >= 0.6 is 23.5 Å². The summed E-state index contributed by atoms with van der Waals surface area (Å²) in [6, 6.07) is -0.950. The van der Waals surface area contributed by atoms with E-state index in [4.69, 9.17) is 5.11 Å². The van der Waals surface area contributed by atoms with Gasteiger partial charge in [0.25, 0.3) is 11.8 Å². The molecule has 3 saturated heterocycles. The number of nitrogens with zero attached hydrogens (tertiary/aromatic N) is 3. The molecule has 0 saturated carbocycles. The van der Waals surface area contributed by atoms with Gasteiger partial charge in [0.1, 0.15) is 5.57 Å². The number of amides is 5. The number of thioether (sulfide) groups is 2. The highest BCUT2D eigenvalue weighted by molar-refractivity contribution is 8.22. The summed E-state index contributed by atoms with van der Waals surface area (Å²) in [4.78, 5) is 54.1. The number of unbranched alkanes of at least 4 members (excludes halogenated alkanes) is 1. The van der Waals surface area contributed by atoms with Gasteiger partial charge in [-0.2, -0.15) is 0 Å². The van der Waals surface area contributed by atoms with Crippen molar-refractivity contribution in [2.45, 2.75) is 45.1 Å². The van der Waals surface area contributed by atoms with Crippen LogP contribution in [0, 0.1) is 0 Å². The molecule has 0 spiro atoms. The molecule has 1 N–H and O–H groups in total. The molecule has 0 aliphatic carbocycles. The fraction of sp³-hybridized carbons (Fsp3) is 0.667. The largest absolute Gasteiger partial charge is 0.465 e. The third kappa shape index (κ3) is 4.17. The monoisotopic (exact) mass is 427 g/mol. The zero-order valence-electron chi connectivity index (χ0n) is 15.9. The van der Waals surface area contributed by atoms with Gasteiger partial charge >= 0.3 is 12.1 Å². The van der Waals surface area contributed by atoms with Gasteiger partial charge in [-0.3, -0.25) is 19.4 Å². The molecule has 28 heavy (non-hydrogen) atoms. The van der Waals surface area contributed by atoms with Crippen molar-refractivity contribution in [2.75, 3.05) is 31.1 Å². The lowest BCUT2D eigenvalue weighted by Gasteiger charge is -2.41. The highest BCUT2D eigenvalue weighted by atomic mass is 32.2. The van der Waals surface area contributed by atoms with Gasteiger partial charge in [-0.15, -0.1) is 23.5 Å². The molecule has 0 aromatic rings. The summed E-state index contributed by atoms with van der Waals surface area (Å²) in [7, 11) is 0. The van der Waals surface area contributed by atoms with E-state index in [0.29, 0.717) is 23.5 Å². The number of likely N-dealkylation sites (tertiary alicyclic amines) is 1. The predicted molar refractivity (Wildman–Crippen MR) is 108 cm³/mol. The van der Waals surface area contributed by atoms with Crippen molar-refractivity contribution in [2.24, 2.45) is 0 Å². The minimum Gasteiger partial charge on any atom is -0.465 e. The fourth-order valence-electron chi connectivity index (χ4n) is 3.55. The van der Waals surface area contributed by atoms with Crippen molar-refractivity contribution < 1.29 is 24.3 Å². The lowest BCUT2D eigenvalue weighted by Crippen LogP contribution is -2.61. The van der Waals surface area contributed by atoms with Crippen molar-refractivity contribution in [3.63, 3.8) is 0 Å². The molecular formula is C18H25N3O5S2. The molecule has 10 heteroatoms. The second kappa shape index (κ2) is 9.21. The average Bonchev–Trinajstić information content (AvgIpc) is 2.69. The van der Waals surface area contributed by atoms with Crippen LogP contribution in [0.2, 0.25) is 0 Å². The Balaban J connectivity index is 1.89. The maximum absolute atomic E-state index is 13.2. The first-order chi connectivity index (χ1) is 13.5. The maximum atomic E-state index is 13.2. The molecule has 3 aliphatic rings. The van der Waals surface area contributed by atoms with Gasteiger partial charge in [0, 0.05) is 25.7 Å². The SMILES string of the molecule is CCCCN1C(=O)C(=C2SCCCS2)C(=O)N(C2CCN(C(=O)O)CC2)C1=O. The summed E-state index contributed by atoms with van der Waals surface area (Å²) in [5.41, 5.74) is 0.117. The second-order valence-electron chi connectivity index (χ2n) is 6.98. The van der Waals surface area contributed by atoms with Crippen molar-refractivity contribution in [1.29, 1.82) is 0 Å². The summed E-state index contributed by atoms with van der Waals surface area (Å²) in [6.45, 7) is 2.82. The van der Waals surface area contributed by atoms with Crippen LogP contribution < -0.4 is 0 Å². The Morgan fingerprint density at radius 2 is 1.75 bits per heavy atom. The molecule has 5 amide bonds. The van der Waals surface area contributed by atoms with Crippen LogP contribution in [0.1, 0.15) is 39.0 Å². The van der Waals surface area contributed by atoms with E-state index in [0.717, 1.165) is 24.3 Å². The smallest absolute Gasteiger partial charge is 0.407 e. The van der Waals surface area contributed by atoms with Gasteiger partial charge in [-0.1, -0.05) is 13.3 Å². The Morgan fingerprint density at radius 3 is 2.32 bits per heavy atom. The first-order valence-electron chi connectivity index (χ1n) is 9.62. The highest BCUT2D eigenvalue weighted by Crippen LogP contribution is 2.40. The number of carbonyl (C=O) groups is 4. The fourth-order valence-corrected chi connectivity index (χ4v) is 6.15. The highest BCUT2D eigenvalue weighted by Gasteiger charge is 2.47. The normalized spacial score (nSPS) is 22.3. The number of imide groups is 2. The summed E-state index contributed by atoms with van der Waals surface area (Å²) in [5, 5.41) is 9.14. The topological polar surface area (TPSA) is 98.2 Å². The molecular weight excluding hydrogens is 402 g/mol. The second-order valence-corrected chi connectivity index (χ2v) is 9.45. The molecule has 8 nitrogen and oxygen atoms in total. The summed E-state index contributed by atoms with van der Waals surface area (Å²) >= 11 is 3.02. The van der Waals surface area contributed by atoms with Gasteiger partial charge in [0.2, 0.25) is 0 Å². The molecule has 3 aliphatic heterocycles. The minimum absolute atomic E-state index is 0.117. The Labute approximate surface area is 172 Å². The predicted octanol–water partition coefficient (Wildman–Crippen LogP) is 2.80. The lowest BCUT2D eigenvalue weighted by molar-refractivity contribution is -0.137. The molecule has 0 atom stereocenters. The zero-order chi connectivity index (χ0) is 20.3. The number of rotatable bonds is 4. The Morgan fingerprint density at radius 1 is 1.11 bits per heavy atom. The number of barbiturate groups is 1. The summed E-state index contributed by atoms with van der Waals surface area (Å²) < 4.78 is 0.711. The molecule has 3 fully saturated rings. The van der Waals surface area contributed by atoms with Crippen molar-refractivity contribution in [1.82, 2.24) is 14.7 Å². The van der Waals surface area contributed by atoms with E-state index in [2.05, 4.69) is 0 Å². The van der Waals surface area contributed by atoms with E-state index < -0.39 is 23.9 Å². The number of hydrogen-bond acceptors (Lipinski definition) is 6. The molecule has 0 unspecified atom stereocenters. The number of hydrogen-bond donors (Lipinski definition) is 1. The van der Waals surface area contributed by atoms with Crippen LogP contribution in [0.3, 0.4) is 0 Å². The Kier molecular flexibility index (Phi) is 6.92. The average molecular weight is 428 g/mol. The third-order valence-electron chi connectivity index (χ3n) is 5.12. The minimum atomic E-state index is -0.993. The van der Waals surface area contributed by atoms with Crippen molar-refractivity contribution in [3.8, 4) is 0 Å². The Hall–Kier alpha value is -1.68. The van der Waals surface area contributed by atoms with Gasteiger partial charge in [-0.05, 0) is 37.2 Å². The van der Waals surface area contributed by atoms with Crippen LogP contribution in [0.5, 0.6) is 0 Å². The van der Waals surface area contributed by atoms with E-state index in [1.54, 1.807) is 0 Å². The van der Waals surface area contributed by atoms with Gasteiger partial charge < -0.3 is 10.0 Å². The van der Waals surface area contributed by atoms with Gasteiger partial charge in [0.15, 0.2) is 0 Å². The molecule has 3 heterocycles. The van der Waals surface area contributed by atoms with Crippen molar-refractivity contribution >= 4 is 47.5 Å². The molecule has 3 rings (SSSR count). The van der Waals surface area contributed by atoms with Crippen LogP contribution in [0.15, 0.2) is 9.81 Å². The first kappa shape index (κ1) is 21.0. The number of carboxylic acid groups (broad SMARTS) is 1. The summed E-state index contributed by atoms with van der Waals surface area (Å²) in [5.74, 6) is 0.700. The zero-order valence-corrected chi connectivity index (χ0v) is 17.5. The standard InChI is InChI=1S/C18H25N3O5S2/c1-2-3-7-20-14(22)13(16-27-10-4-11-28-16)15(23)21(17(20)24)12-5-8-19(9-6-12)18(25)26/h12H,2-11H2,1H3,(H,25,26). The van der Waals surface area contributed by atoms with E-state index in [9.17, 15) is 19.2 Å². The van der Waals surface area contributed by atoms with E-state index in [1.165, 1.54) is 38.2 Å². The molecule has 0 bridgehead atoms. The van der Waals surface area contributed by atoms with Crippen LogP contribution in [-0.4, -0.2) is 80.9 Å². The van der Waals surface area contributed by atoms with E-state index in [-0.39, 0.29) is 31.2 Å². The number of piperidine rings is 1. The molecule has 0 aromatic carbocycles. The van der Waals surface area contributed by atoms with E-state index >= 15 is 0 Å². The molecule has 0 aromatic heterocycles. The third-order valence-corrected chi connectivity index (χ3v) is 7.75. The van der Waals surface area contributed by atoms with Gasteiger partial charge in [-0.25, -0.2) is 9.59 Å². The number of carbonyl (C=O) groups excluding carboxylic acids is 3. The van der Waals surface area contributed by atoms with Crippen LogP contribution in [-0.2, 0) is 9.59 Å². The van der Waals surface area contributed by atoms with Gasteiger partial charge in [0.05, 0.1) is 4.24 Å². The maximum Gasteiger partial charge on any atom is 0.407 e. The molecule has 154 valence electrons.